The monoisotopic (exact) mass is 551 g/mol. The molecule has 0 saturated carbocycles. The van der Waals surface area contributed by atoms with Crippen LogP contribution >= 0.6 is 0 Å². The lowest BCUT2D eigenvalue weighted by Gasteiger charge is -2.41. The van der Waals surface area contributed by atoms with Crippen molar-refractivity contribution in [1.29, 1.82) is 0 Å². The molecule has 0 aliphatic carbocycles. The standard InChI is InChI=1S/C32H37N7O2/c1-4-30(40)39-17-16-38(20-25(39)18-33-2)31-27-13-15-37(29-11-7-9-24-8-5-6-10-26(24)29)21-28(27)34-32(35-31)41-22-23-12-14-36(3)19-23/h4-11,23,25H,1,12-22H2,3H3/t23-,25+/m1/s1. The van der Waals surface area contributed by atoms with E-state index in [0.717, 1.165) is 49.6 Å². The molecule has 2 fully saturated rings. The van der Waals surface area contributed by atoms with Crippen LogP contribution in [0, 0.1) is 12.5 Å². The van der Waals surface area contributed by atoms with Crippen LogP contribution in [0.25, 0.3) is 15.6 Å². The fraction of sp³-hybridized carbons (Fsp3) is 0.438. The highest BCUT2D eigenvalue weighted by atomic mass is 16.5. The normalized spacial score (nSPS) is 21.0. The van der Waals surface area contributed by atoms with Crippen molar-refractivity contribution in [2.24, 2.45) is 5.92 Å². The Kier molecular flexibility index (Phi) is 7.75. The number of carbonyl (C=O) groups excluding carboxylic acids is 1. The highest BCUT2D eigenvalue weighted by Gasteiger charge is 2.35. The quantitative estimate of drug-likeness (QED) is 0.328. The number of hydrogen-bond donors (Lipinski definition) is 0. The molecule has 3 aromatic rings. The van der Waals surface area contributed by atoms with Crippen LogP contribution in [0.5, 0.6) is 6.01 Å². The van der Waals surface area contributed by atoms with Gasteiger partial charge >= 0.3 is 6.01 Å². The van der Waals surface area contributed by atoms with Crippen molar-refractivity contribution in [2.75, 3.05) is 69.3 Å². The predicted molar refractivity (Wildman–Crippen MR) is 161 cm³/mol. The Hall–Kier alpha value is -4.16. The Labute approximate surface area is 241 Å². The van der Waals surface area contributed by atoms with Crippen molar-refractivity contribution in [3.8, 4) is 6.01 Å². The third-order valence-corrected chi connectivity index (χ3v) is 8.61. The summed E-state index contributed by atoms with van der Waals surface area (Å²) in [7, 11) is 2.14. The number of carbonyl (C=O) groups is 1. The fourth-order valence-corrected chi connectivity index (χ4v) is 6.48. The largest absolute Gasteiger partial charge is 0.463 e. The third kappa shape index (κ3) is 5.57. The first-order chi connectivity index (χ1) is 20.0. The van der Waals surface area contributed by atoms with Gasteiger partial charge in [0.25, 0.3) is 0 Å². The molecule has 3 aliphatic rings. The van der Waals surface area contributed by atoms with E-state index in [1.54, 1.807) is 4.90 Å². The van der Waals surface area contributed by atoms with Gasteiger partial charge in [0, 0.05) is 55.3 Å². The predicted octanol–water partition coefficient (Wildman–Crippen LogP) is 3.65. The number of rotatable bonds is 7. The zero-order valence-electron chi connectivity index (χ0n) is 23.7. The number of piperazine rings is 1. The van der Waals surface area contributed by atoms with Gasteiger partial charge in [-0.25, -0.2) is 6.57 Å². The van der Waals surface area contributed by atoms with Crippen LogP contribution in [0.15, 0.2) is 55.1 Å². The van der Waals surface area contributed by atoms with E-state index < -0.39 is 0 Å². The molecular weight excluding hydrogens is 514 g/mol. The topological polar surface area (TPSA) is 69.4 Å². The Morgan fingerprint density at radius 2 is 1.95 bits per heavy atom. The number of hydrogen-bond acceptors (Lipinski definition) is 7. The Morgan fingerprint density at radius 3 is 2.76 bits per heavy atom. The van der Waals surface area contributed by atoms with Gasteiger partial charge in [0.05, 0.1) is 18.8 Å². The van der Waals surface area contributed by atoms with E-state index in [0.29, 0.717) is 44.7 Å². The summed E-state index contributed by atoms with van der Waals surface area (Å²) in [6.45, 7) is 17.3. The van der Waals surface area contributed by atoms with Crippen molar-refractivity contribution in [3.05, 3.63) is 77.8 Å². The van der Waals surface area contributed by atoms with Crippen LogP contribution < -0.4 is 14.5 Å². The van der Waals surface area contributed by atoms with Crippen LogP contribution in [0.2, 0.25) is 0 Å². The average Bonchev–Trinajstić information content (AvgIpc) is 3.43. The van der Waals surface area contributed by atoms with Crippen LogP contribution in [0.3, 0.4) is 0 Å². The molecule has 6 rings (SSSR count). The van der Waals surface area contributed by atoms with Gasteiger partial charge < -0.3 is 29.2 Å². The Morgan fingerprint density at radius 1 is 1.10 bits per heavy atom. The summed E-state index contributed by atoms with van der Waals surface area (Å²) < 4.78 is 6.28. The van der Waals surface area contributed by atoms with Gasteiger partial charge in [-0.3, -0.25) is 4.79 Å². The van der Waals surface area contributed by atoms with Crippen LogP contribution in [0.4, 0.5) is 11.5 Å². The number of nitrogens with zero attached hydrogens (tertiary/aromatic N) is 7. The molecule has 4 heterocycles. The summed E-state index contributed by atoms with van der Waals surface area (Å²) in [5.41, 5.74) is 3.33. The van der Waals surface area contributed by atoms with Gasteiger partial charge in [-0.15, -0.1) is 0 Å². The van der Waals surface area contributed by atoms with E-state index >= 15 is 0 Å². The second-order valence-electron chi connectivity index (χ2n) is 11.3. The van der Waals surface area contributed by atoms with Crippen molar-refractivity contribution in [1.82, 2.24) is 19.8 Å². The van der Waals surface area contributed by atoms with Gasteiger partial charge in [0.15, 0.2) is 0 Å². The molecule has 2 saturated heterocycles. The van der Waals surface area contributed by atoms with Crippen LogP contribution in [0.1, 0.15) is 17.7 Å². The third-order valence-electron chi connectivity index (χ3n) is 8.61. The van der Waals surface area contributed by atoms with E-state index in [9.17, 15) is 4.79 Å². The first kappa shape index (κ1) is 27.0. The molecule has 0 spiro atoms. The Bertz CT molecular complexity index is 1480. The number of ether oxygens (including phenoxy) is 1. The number of anilines is 2. The summed E-state index contributed by atoms with van der Waals surface area (Å²) in [5, 5.41) is 2.46. The summed E-state index contributed by atoms with van der Waals surface area (Å²) >= 11 is 0. The van der Waals surface area contributed by atoms with Gasteiger partial charge in [0.2, 0.25) is 12.5 Å². The molecule has 0 bridgehead atoms. The lowest BCUT2D eigenvalue weighted by atomic mass is 10.0. The van der Waals surface area contributed by atoms with Gasteiger partial charge in [0.1, 0.15) is 11.9 Å². The second-order valence-corrected chi connectivity index (χ2v) is 11.3. The van der Waals surface area contributed by atoms with Gasteiger partial charge in [-0.05, 0) is 44.0 Å². The van der Waals surface area contributed by atoms with E-state index in [2.05, 4.69) is 75.6 Å². The minimum Gasteiger partial charge on any atom is -0.463 e. The molecule has 41 heavy (non-hydrogen) atoms. The minimum absolute atomic E-state index is 0.126. The maximum atomic E-state index is 12.5. The lowest BCUT2D eigenvalue weighted by Crippen LogP contribution is -2.56. The number of aromatic nitrogens is 2. The highest BCUT2D eigenvalue weighted by molar-refractivity contribution is 5.94. The number of benzene rings is 2. The molecule has 0 radical (unpaired) electrons. The van der Waals surface area contributed by atoms with Crippen molar-refractivity contribution < 1.29 is 9.53 Å². The molecular formula is C32H37N7O2. The maximum absolute atomic E-state index is 12.5. The number of amides is 1. The van der Waals surface area contributed by atoms with Crippen molar-refractivity contribution >= 4 is 28.2 Å². The lowest BCUT2D eigenvalue weighted by molar-refractivity contribution is -0.128. The zero-order valence-corrected chi connectivity index (χ0v) is 23.7. The minimum atomic E-state index is -0.216. The number of fused-ring (bicyclic) bond motifs is 2. The first-order valence-electron chi connectivity index (χ1n) is 14.5. The van der Waals surface area contributed by atoms with E-state index in [1.165, 1.54) is 22.5 Å². The zero-order chi connectivity index (χ0) is 28.3. The number of likely N-dealkylation sites (tertiary alicyclic amines) is 1. The summed E-state index contributed by atoms with van der Waals surface area (Å²) in [5.74, 6) is 1.22. The molecule has 212 valence electrons. The van der Waals surface area contributed by atoms with Crippen LogP contribution in [-0.4, -0.2) is 91.2 Å². The molecule has 0 N–H and O–H groups in total. The van der Waals surface area contributed by atoms with Gasteiger partial charge in [-0.1, -0.05) is 43.0 Å². The van der Waals surface area contributed by atoms with Gasteiger partial charge in [-0.2, -0.15) is 9.97 Å². The molecule has 1 amide bonds. The Balaban J connectivity index is 1.32. The molecule has 0 unspecified atom stereocenters. The van der Waals surface area contributed by atoms with Crippen LogP contribution in [-0.2, 0) is 17.8 Å². The van der Waals surface area contributed by atoms with E-state index in [4.69, 9.17) is 21.3 Å². The van der Waals surface area contributed by atoms with E-state index in [1.807, 2.05) is 0 Å². The molecule has 3 aliphatic heterocycles. The molecule has 9 nitrogen and oxygen atoms in total. The summed E-state index contributed by atoms with van der Waals surface area (Å²) in [6, 6.07) is 15.2. The smallest absolute Gasteiger partial charge is 0.318 e. The highest BCUT2D eigenvalue weighted by Crippen LogP contribution is 2.35. The average molecular weight is 552 g/mol. The molecule has 9 heteroatoms. The maximum Gasteiger partial charge on any atom is 0.318 e. The van der Waals surface area contributed by atoms with Crippen molar-refractivity contribution in [3.63, 3.8) is 0 Å². The molecule has 2 aromatic carbocycles. The first-order valence-corrected chi connectivity index (χ1v) is 14.5. The summed E-state index contributed by atoms with van der Waals surface area (Å²) in [6.07, 6.45) is 3.26. The van der Waals surface area contributed by atoms with E-state index in [-0.39, 0.29) is 18.5 Å². The second kappa shape index (κ2) is 11.8. The van der Waals surface area contributed by atoms with Crippen molar-refractivity contribution in [2.45, 2.75) is 25.4 Å². The molecule has 2 atom stereocenters. The summed E-state index contributed by atoms with van der Waals surface area (Å²) in [4.78, 5) is 34.8. The fourth-order valence-electron chi connectivity index (χ4n) is 6.48. The SMILES string of the molecule is [C-]#[N+]C[C@H]1CN(c2nc(OC[C@@H]3CCN(C)C3)nc3c2CCN(c2cccc4ccccc24)C3)CCN1C(=O)C=C. The molecule has 1 aromatic heterocycles.